The van der Waals surface area contributed by atoms with Crippen LogP contribution in [0.1, 0.15) is 44.2 Å². The van der Waals surface area contributed by atoms with Crippen molar-refractivity contribution >= 4 is 27.9 Å². The van der Waals surface area contributed by atoms with Crippen molar-refractivity contribution in [3.63, 3.8) is 0 Å². The van der Waals surface area contributed by atoms with Gasteiger partial charge >= 0.3 is 0 Å². The molecule has 1 spiro atoms. The molecule has 8 heteroatoms. The number of benzene rings is 1. The largest absolute Gasteiger partial charge is 0.370 e. The van der Waals surface area contributed by atoms with E-state index in [1.165, 1.54) is 25.7 Å². The number of aromatic nitrogens is 2. The molecule has 2 fully saturated rings. The summed E-state index contributed by atoms with van der Waals surface area (Å²) in [5, 5.41) is 0.894. The van der Waals surface area contributed by atoms with Crippen LogP contribution >= 0.6 is 0 Å². The topological polar surface area (TPSA) is 90.4 Å². The van der Waals surface area contributed by atoms with E-state index in [2.05, 4.69) is 26.7 Å². The molecule has 31 heavy (non-hydrogen) atoms. The summed E-state index contributed by atoms with van der Waals surface area (Å²) in [6.07, 6.45) is 8.82. The number of aromatic amines is 1. The van der Waals surface area contributed by atoms with Gasteiger partial charge in [0.1, 0.15) is 5.52 Å². The molecule has 0 bridgehead atoms. The normalized spacial score (nSPS) is 19.6. The van der Waals surface area contributed by atoms with Gasteiger partial charge in [0.2, 0.25) is 11.3 Å². The van der Waals surface area contributed by atoms with Crippen molar-refractivity contribution in [3.05, 3.63) is 52.6 Å². The van der Waals surface area contributed by atoms with Crippen LogP contribution in [0.5, 0.6) is 0 Å². The number of nitrogens with one attached hydrogen (secondary N) is 2. The molecule has 1 aliphatic carbocycles. The van der Waals surface area contributed by atoms with Crippen molar-refractivity contribution in [1.82, 2.24) is 14.3 Å². The minimum atomic E-state index is -2.09. The molecule has 1 aliphatic heterocycles. The average molecular weight is 441 g/mol. The van der Waals surface area contributed by atoms with E-state index in [4.69, 9.17) is 0 Å². The van der Waals surface area contributed by atoms with E-state index in [1.54, 1.807) is 17.8 Å². The van der Waals surface area contributed by atoms with E-state index in [0.29, 0.717) is 10.9 Å². The molecule has 0 radical (unpaired) electrons. The first-order valence-corrected chi connectivity index (χ1v) is 11.9. The number of H-pyrrole nitrogens is 1. The molecule has 2 aromatic heterocycles. The second-order valence-corrected chi connectivity index (χ2v) is 9.85. The Labute approximate surface area is 183 Å². The van der Waals surface area contributed by atoms with Crippen LogP contribution in [0.2, 0.25) is 0 Å². The average Bonchev–Trinajstić information content (AvgIpc) is 3.29. The van der Waals surface area contributed by atoms with Crippen molar-refractivity contribution in [2.24, 2.45) is 12.5 Å². The highest BCUT2D eigenvalue weighted by molar-refractivity contribution is 7.77. The van der Waals surface area contributed by atoms with Gasteiger partial charge in [0.25, 0.3) is 5.56 Å². The summed E-state index contributed by atoms with van der Waals surface area (Å²) in [5.74, 6) is 0. The molecule has 3 heterocycles. The monoisotopic (exact) mass is 440 g/mol. The van der Waals surface area contributed by atoms with Crippen molar-refractivity contribution in [2.75, 3.05) is 18.0 Å². The number of nitrogens with zero attached hydrogens (tertiary/aromatic N) is 2. The number of anilines is 1. The fourth-order valence-corrected chi connectivity index (χ4v) is 5.45. The number of fused-ring (bicyclic) bond motifs is 1. The Morgan fingerprint density at radius 1 is 1.23 bits per heavy atom. The number of hydrogen-bond donors (Lipinski definition) is 3. The molecule has 3 aromatic rings. The fraction of sp³-hybridized carbons (Fsp3) is 0.435. The van der Waals surface area contributed by atoms with Gasteiger partial charge in [0.15, 0.2) is 0 Å². The predicted molar refractivity (Wildman–Crippen MR) is 124 cm³/mol. The lowest BCUT2D eigenvalue weighted by atomic mass is 9.92. The summed E-state index contributed by atoms with van der Waals surface area (Å²) < 4.78 is 24.9. The molecule has 3 N–H and O–H groups in total. The van der Waals surface area contributed by atoms with E-state index in [0.717, 1.165) is 40.9 Å². The molecule has 7 nitrogen and oxygen atoms in total. The maximum Gasteiger partial charge on any atom is 0.274 e. The first-order valence-electron chi connectivity index (χ1n) is 10.8. The highest BCUT2D eigenvalue weighted by atomic mass is 32.2. The predicted octanol–water partition coefficient (Wildman–Crippen LogP) is 3.70. The Bertz CT molecular complexity index is 1230. The van der Waals surface area contributed by atoms with Gasteiger partial charge in [0.05, 0.1) is 0 Å². The lowest BCUT2D eigenvalue weighted by molar-refractivity contribution is 0.395. The van der Waals surface area contributed by atoms with Gasteiger partial charge in [-0.1, -0.05) is 6.07 Å². The first kappa shape index (κ1) is 20.5. The van der Waals surface area contributed by atoms with E-state index in [-0.39, 0.29) is 11.6 Å². The summed E-state index contributed by atoms with van der Waals surface area (Å²) in [4.78, 5) is 18.2. The Balaban J connectivity index is 1.68. The SMILES string of the molecule is CC(NS(=O)O)c1ccc(N2CCCC3(CC3)C2)c(-c2cn(C)c(=O)c3[nH]ccc23)c1. The quantitative estimate of drug-likeness (QED) is 0.528. The van der Waals surface area contributed by atoms with Crippen LogP contribution in [0.25, 0.3) is 22.0 Å². The second kappa shape index (κ2) is 7.62. The summed E-state index contributed by atoms with van der Waals surface area (Å²) in [6.45, 7) is 3.96. The van der Waals surface area contributed by atoms with Crippen LogP contribution in [0.3, 0.4) is 0 Å². The molecule has 2 unspecified atom stereocenters. The second-order valence-electron chi connectivity index (χ2n) is 9.12. The third-order valence-corrected chi connectivity index (χ3v) is 7.50. The summed E-state index contributed by atoms with van der Waals surface area (Å²) in [5.41, 5.74) is 5.14. The highest BCUT2D eigenvalue weighted by Crippen LogP contribution is 2.53. The van der Waals surface area contributed by atoms with Gasteiger partial charge in [-0.2, -0.15) is 0 Å². The molecule has 1 saturated heterocycles. The Kier molecular flexibility index (Phi) is 5.03. The number of piperidine rings is 1. The summed E-state index contributed by atoms with van der Waals surface area (Å²) in [6, 6.07) is 7.93. The summed E-state index contributed by atoms with van der Waals surface area (Å²) >= 11 is -2.09. The van der Waals surface area contributed by atoms with Crippen molar-refractivity contribution < 1.29 is 8.76 Å². The maximum absolute atomic E-state index is 12.6. The Morgan fingerprint density at radius 2 is 2.03 bits per heavy atom. The lowest BCUT2D eigenvalue weighted by Crippen LogP contribution is -2.36. The fourth-order valence-electron chi connectivity index (χ4n) is 5.02. The number of aryl methyl sites for hydroxylation is 1. The molecular formula is C23H28N4O3S. The molecule has 1 saturated carbocycles. The van der Waals surface area contributed by atoms with Crippen molar-refractivity contribution in [3.8, 4) is 11.1 Å². The van der Waals surface area contributed by atoms with Crippen LogP contribution < -0.4 is 15.2 Å². The van der Waals surface area contributed by atoms with Crippen LogP contribution in [0.4, 0.5) is 5.69 Å². The number of pyridine rings is 1. The van der Waals surface area contributed by atoms with Gasteiger partial charge in [-0.25, -0.2) is 8.93 Å². The van der Waals surface area contributed by atoms with Crippen molar-refractivity contribution in [1.29, 1.82) is 0 Å². The smallest absolute Gasteiger partial charge is 0.274 e. The van der Waals surface area contributed by atoms with Gasteiger partial charge in [-0.05, 0) is 61.8 Å². The van der Waals surface area contributed by atoms with Gasteiger partial charge < -0.3 is 14.5 Å². The van der Waals surface area contributed by atoms with Crippen LogP contribution in [-0.4, -0.2) is 31.4 Å². The van der Waals surface area contributed by atoms with Crippen LogP contribution in [-0.2, 0) is 18.3 Å². The van der Waals surface area contributed by atoms with Crippen LogP contribution in [0.15, 0.2) is 41.5 Å². The Morgan fingerprint density at radius 3 is 2.77 bits per heavy atom. The van der Waals surface area contributed by atoms with E-state index < -0.39 is 11.3 Å². The van der Waals surface area contributed by atoms with Crippen LogP contribution in [0, 0.1) is 5.41 Å². The third kappa shape index (κ3) is 3.73. The highest BCUT2D eigenvalue weighted by Gasteiger charge is 2.45. The zero-order valence-electron chi connectivity index (χ0n) is 17.9. The molecule has 164 valence electrons. The maximum atomic E-state index is 12.6. The van der Waals surface area contributed by atoms with E-state index in [1.807, 2.05) is 25.3 Å². The van der Waals surface area contributed by atoms with E-state index >= 15 is 0 Å². The molecule has 1 aromatic carbocycles. The molecule has 0 amide bonds. The lowest BCUT2D eigenvalue weighted by Gasteiger charge is -2.36. The number of hydrogen-bond acceptors (Lipinski definition) is 3. The van der Waals surface area contributed by atoms with Gasteiger partial charge in [-0.3, -0.25) is 9.35 Å². The molecule has 2 aliphatic rings. The zero-order valence-corrected chi connectivity index (χ0v) is 18.7. The van der Waals surface area contributed by atoms with Crippen molar-refractivity contribution in [2.45, 2.75) is 38.6 Å². The first-order chi connectivity index (χ1) is 14.9. The molecule has 2 atom stereocenters. The van der Waals surface area contributed by atoms with E-state index in [9.17, 15) is 13.6 Å². The zero-order chi connectivity index (χ0) is 21.8. The minimum Gasteiger partial charge on any atom is -0.370 e. The third-order valence-electron chi connectivity index (χ3n) is 6.94. The standard InChI is InChI=1S/C23H28N4O3S/c1-15(25-31(29)30)16-4-5-20(27-11-3-7-23(14-27)8-9-23)18(12-16)19-13-26(2)22(28)21-17(19)6-10-24-21/h4-6,10,12-13,15,24-25H,3,7-9,11,14H2,1-2H3,(H,29,30). The van der Waals surface area contributed by atoms with Gasteiger partial charge in [0, 0.05) is 60.8 Å². The minimum absolute atomic E-state index is 0.0536. The molecule has 5 rings (SSSR count). The molecular weight excluding hydrogens is 412 g/mol. The summed E-state index contributed by atoms with van der Waals surface area (Å²) in [7, 11) is 1.77. The number of rotatable bonds is 5. The Hall–Kier alpha value is -2.42. The van der Waals surface area contributed by atoms with Gasteiger partial charge in [-0.15, -0.1) is 0 Å².